The Labute approximate surface area is 122 Å². The van der Waals surface area contributed by atoms with Crippen molar-refractivity contribution < 1.29 is 27.5 Å². The van der Waals surface area contributed by atoms with Gasteiger partial charge in [-0.25, -0.2) is 4.79 Å². The van der Waals surface area contributed by atoms with Gasteiger partial charge in [-0.2, -0.15) is 13.2 Å². The third kappa shape index (κ3) is 4.75. The highest BCUT2D eigenvalue weighted by atomic mass is 32.2. The number of benzene rings is 1. The highest BCUT2D eigenvalue weighted by molar-refractivity contribution is 8.00. The number of rotatable bonds is 5. The lowest BCUT2D eigenvalue weighted by atomic mass is 10.3. The van der Waals surface area contributed by atoms with Crippen LogP contribution in [0.25, 0.3) is 0 Å². The Morgan fingerprint density at radius 2 is 1.86 bits per heavy atom. The van der Waals surface area contributed by atoms with Crippen molar-refractivity contribution >= 4 is 23.4 Å². The molecule has 2 rings (SSSR count). The maximum Gasteiger partial charge on any atom is 0.446 e. The van der Waals surface area contributed by atoms with Crippen LogP contribution in [0.4, 0.5) is 18.9 Å². The van der Waals surface area contributed by atoms with Crippen molar-refractivity contribution in [2.75, 3.05) is 5.32 Å². The minimum absolute atomic E-state index is 0.0965. The lowest BCUT2D eigenvalue weighted by Gasteiger charge is -2.07. The smallest absolute Gasteiger partial charge is 0.446 e. The zero-order chi connectivity index (χ0) is 15.5. The Bertz CT molecular complexity index is 622. The monoisotopic (exact) mass is 317 g/mol. The van der Waals surface area contributed by atoms with Crippen molar-refractivity contribution in [2.45, 2.75) is 16.9 Å². The topological polar surface area (TPSA) is 62.5 Å². The minimum Gasteiger partial charge on any atom is -0.475 e. The molecule has 0 aliphatic rings. The molecule has 4 nitrogen and oxygen atoms in total. The van der Waals surface area contributed by atoms with Gasteiger partial charge in [0.15, 0.2) is 0 Å². The molecule has 0 saturated heterocycles. The molecule has 0 saturated carbocycles. The Hall–Kier alpha value is -2.09. The second-order valence-electron chi connectivity index (χ2n) is 4.00. The average Bonchev–Trinajstić information content (AvgIpc) is 2.85. The van der Waals surface area contributed by atoms with Crippen molar-refractivity contribution in [1.29, 1.82) is 0 Å². The van der Waals surface area contributed by atoms with Gasteiger partial charge in [0.1, 0.15) is 5.76 Å². The van der Waals surface area contributed by atoms with Gasteiger partial charge in [0.25, 0.3) is 0 Å². The van der Waals surface area contributed by atoms with E-state index in [1.807, 2.05) is 0 Å². The molecule has 112 valence electrons. The number of alkyl halides is 3. The number of furan rings is 1. The Kier molecular flexibility index (Phi) is 4.46. The third-order valence-electron chi connectivity index (χ3n) is 2.43. The van der Waals surface area contributed by atoms with E-state index in [0.29, 0.717) is 11.4 Å². The van der Waals surface area contributed by atoms with Crippen LogP contribution in [0, 0.1) is 0 Å². The number of halogens is 3. The van der Waals surface area contributed by atoms with Crippen LogP contribution in [0.3, 0.4) is 0 Å². The van der Waals surface area contributed by atoms with E-state index >= 15 is 0 Å². The quantitative estimate of drug-likeness (QED) is 0.809. The van der Waals surface area contributed by atoms with Crippen LogP contribution in [0.1, 0.15) is 16.3 Å². The van der Waals surface area contributed by atoms with E-state index in [9.17, 15) is 18.0 Å². The number of hydrogen-bond acceptors (Lipinski definition) is 4. The molecule has 21 heavy (non-hydrogen) atoms. The van der Waals surface area contributed by atoms with Gasteiger partial charge in [-0.15, -0.1) is 0 Å². The second kappa shape index (κ2) is 6.13. The molecule has 0 aliphatic carbocycles. The van der Waals surface area contributed by atoms with Gasteiger partial charge >= 0.3 is 11.5 Å². The summed E-state index contributed by atoms with van der Waals surface area (Å²) in [7, 11) is 0. The first-order valence-electron chi connectivity index (χ1n) is 5.75. The van der Waals surface area contributed by atoms with Crippen LogP contribution in [-0.4, -0.2) is 16.6 Å². The van der Waals surface area contributed by atoms with E-state index in [0.717, 1.165) is 0 Å². The molecule has 0 fully saturated rings. The van der Waals surface area contributed by atoms with Crippen LogP contribution in [0.15, 0.2) is 45.7 Å². The molecule has 1 aromatic carbocycles. The molecular weight excluding hydrogens is 307 g/mol. The van der Waals surface area contributed by atoms with E-state index < -0.39 is 11.5 Å². The zero-order valence-corrected chi connectivity index (χ0v) is 11.3. The Morgan fingerprint density at radius 3 is 2.38 bits per heavy atom. The summed E-state index contributed by atoms with van der Waals surface area (Å²) in [6.07, 6.45) is 0. The highest BCUT2D eigenvalue weighted by Gasteiger charge is 2.28. The van der Waals surface area contributed by atoms with Gasteiger partial charge in [0.2, 0.25) is 5.76 Å². The van der Waals surface area contributed by atoms with E-state index in [1.165, 1.54) is 36.4 Å². The summed E-state index contributed by atoms with van der Waals surface area (Å²) in [4.78, 5) is 10.7. The number of nitrogens with one attached hydrogen (secondary N) is 1. The van der Waals surface area contributed by atoms with Crippen LogP contribution < -0.4 is 5.32 Å². The molecule has 0 aliphatic heterocycles. The Morgan fingerprint density at radius 1 is 1.19 bits per heavy atom. The van der Waals surface area contributed by atoms with Gasteiger partial charge < -0.3 is 14.8 Å². The predicted octanol–water partition coefficient (Wildman–Crippen LogP) is 4.20. The molecule has 0 radical (unpaired) electrons. The van der Waals surface area contributed by atoms with E-state index in [2.05, 4.69) is 5.32 Å². The summed E-state index contributed by atoms with van der Waals surface area (Å²) < 4.78 is 41.5. The summed E-state index contributed by atoms with van der Waals surface area (Å²) >= 11 is -0.181. The van der Waals surface area contributed by atoms with Crippen molar-refractivity contribution in [3.05, 3.63) is 47.9 Å². The molecule has 1 heterocycles. The standard InChI is InChI=1S/C13H10F3NO3S/c14-13(15,16)21-10-4-1-8(2-5-10)17-7-9-3-6-11(20-9)12(18)19/h1-6,17H,7H2,(H,18,19). The maximum absolute atomic E-state index is 12.2. The van der Waals surface area contributed by atoms with Crippen molar-refractivity contribution in [3.8, 4) is 0 Å². The number of thioether (sulfide) groups is 1. The maximum atomic E-state index is 12.2. The molecular formula is C13H10F3NO3S. The Balaban J connectivity index is 1.92. The predicted molar refractivity (Wildman–Crippen MR) is 71.3 cm³/mol. The SMILES string of the molecule is O=C(O)c1ccc(CNc2ccc(SC(F)(F)F)cc2)o1. The normalized spacial score (nSPS) is 11.4. The van der Waals surface area contributed by atoms with Gasteiger partial charge in [-0.3, -0.25) is 0 Å². The average molecular weight is 317 g/mol. The van der Waals surface area contributed by atoms with Gasteiger partial charge in [-0.05, 0) is 48.2 Å². The third-order valence-corrected chi connectivity index (χ3v) is 3.17. The van der Waals surface area contributed by atoms with Crippen LogP contribution in [0.2, 0.25) is 0 Å². The van der Waals surface area contributed by atoms with Crippen molar-refractivity contribution in [1.82, 2.24) is 0 Å². The fourth-order valence-corrected chi connectivity index (χ4v) is 2.09. The molecule has 0 amide bonds. The van der Waals surface area contributed by atoms with E-state index in [4.69, 9.17) is 9.52 Å². The molecule has 8 heteroatoms. The molecule has 0 unspecified atom stereocenters. The summed E-state index contributed by atoms with van der Waals surface area (Å²) in [5.74, 6) is -0.903. The first kappa shape index (κ1) is 15.3. The molecule has 0 bridgehead atoms. The summed E-state index contributed by atoms with van der Waals surface area (Å²) in [5, 5.41) is 11.6. The molecule has 2 aromatic rings. The molecule has 0 spiro atoms. The number of carboxylic acid groups (broad SMARTS) is 1. The summed E-state index contributed by atoms with van der Waals surface area (Å²) in [6.45, 7) is 0.235. The number of anilines is 1. The van der Waals surface area contributed by atoms with Gasteiger partial charge in [0, 0.05) is 10.6 Å². The molecule has 1 aromatic heterocycles. The van der Waals surface area contributed by atoms with Gasteiger partial charge in [0.05, 0.1) is 6.54 Å². The van der Waals surface area contributed by atoms with E-state index in [-0.39, 0.29) is 29.0 Å². The number of hydrogen-bond donors (Lipinski definition) is 2. The fraction of sp³-hybridized carbons (Fsp3) is 0.154. The van der Waals surface area contributed by atoms with Crippen LogP contribution in [-0.2, 0) is 6.54 Å². The largest absolute Gasteiger partial charge is 0.475 e. The fourth-order valence-electron chi connectivity index (χ4n) is 1.55. The van der Waals surface area contributed by atoms with Crippen LogP contribution in [0.5, 0.6) is 0 Å². The number of carbonyl (C=O) groups is 1. The molecule has 2 N–H and O–H groups in total. The summed E-state index contributed by atoms with van der Waals surface area (Å²) in [5.41, 5.74) is -3.70. The van der Waals surface area contributed by atoms with E-state index in [1.54, 1.807) is 0 Å². The summed E-state index contributed by atoms with van der Waals surface area (Å²) in [6, 6.07) is 8.58. The lowest BCUT2D eigenvalue weighted by molar-refractivity contribution is -0.0328. The minimum atomic E-state index is -4.31. The zero-order valence-electron chi connectivity index (χ0n) is 10.5. The number of aromatic carboxylic acids is 1. The lowest BCUT2D eigenvalue weighted by Crippen LogP contribution is -2.00. The van der Waals surface area contributed by atoms with Crippen molar-refractivity contribution in [2.24, 2.45) is 0 Å². The number of carboxylic acids is 1. The van der Waals surface area contributed by atoms with Crippen LogP contribution >= 0.6 is 11.8 Å². The highest BCUT2D eigenvalue weighted by Crippen LogP contribution is 2.37. The first-order valence-corrected chi connectivity index (χ1v) is 6.57. The van der Waals surface area contributed by atoms with Crippen molar-refractivity contribution in [3.63, 3.8) is 0 Å². The molecule has 0 atom stereocenters. The van der Waals surface area contributed by atoms with Gasteiger partial charge in [-0.1, -0.05) is 0 Å². The second-order valence-corrected chi connectivity index (χ2v) is 5.14. The first-order chi connectivity index (χ1) is 9.83.